The number of ether oxygens (including phenoxy) is 2. The van der Waals surface area contributed by atoms with Crippen LogP contribution in [0.3, 0.4) is 0 Å². The molecular weight excluding hydrogens is 474 g/mol. The molecule has 6 nitrogen and oxygen atoms in total. The molecule has 0 bridgehead atoms. The van der Waals surface area contributed by atoms with Gasteiger partial charge in [0, 0.05) is 62.3 Å². The molecule has 1 atom stereocenters. The van der Waals surface area contributed by atoms with Crippen LogP contribution in [0.4, 0.5) is 11.4 Å². The minimum atomic E-state index is -0.0896. The monoisotopic (exact) mass is 511 g/mol. The van der Waals surface area contributed by atoms with Crippen molar-refractivity contribution in [1.29, 1.82) is 0 Å². The predicted octanol–water partition coefficient (Wildman–Crippen LogP) is 5.76. The molecule has 3 aromatic carbocycles. The Morgan fingerprint density at radius 1 is 0.868 bits per heavy atom. The standard InChI is InChI=1S/C32H37N3O3/c1-34(2)28-14-10-24(11-15-28)31(35(3)29-17-19-37-20-18-29)23-8-12-27(13-9-23)33-32(36)26-16-21-38-30-7-5-4-6-25(30)22-26/h4-15,22,29,31H,16-21H2,1-3H3,(H,33,36). The zero-order chi connectivity index (χ0) is 26.5. The highest BCUT2D eigenvalue weighted by atomic mass is 16.5. The Bertz CT molecular complexity index is 1260. The first-order chi connectivity index (χ1) is 18.5. The molecule has 0 aliphatic carbocycles. The van der Waals surface area contributed by atoms with Gasteiger partial charge in [-0.05, 0) is 67.4 Å². The Hall–Kier alpha value is -3.61. The fourth-order valence-corrected chi connectivity index (χ4v) is 5.32. The Morgan fingerprint density at radius 3 is 2.21 bits per heavy atom. The average molecular weight is 512 g/mol. The first-order valence-electron chi connectivity index (χ1n) is 13.4. The molecule has 2 aliphatic rings. The molecule has 0 saturated carbocycles. The van der Waals surface area contributed by atoms with Gasteiger partial charge in [0.2, 0.25) is 0 Å². The molecule has 1 unspecified atom stereocenters. The number of hydrogen-bond donors (Lipinski definition) is 1. The summed E-state index contributed by atoms with van der Waals surface area (Å²) in [6.07, 6.45) is 4.56. The lowest BCUT2D eigenvalue weighted by molar-refractivity contribution is -0.113. The van der Waals surface area contributed by atoms with Gasteiger partial charge in [-0.3, -0.25) is 9.69 Å². The van der Waals surface area contributed by atoms with Crippen LogP contribution < -0.4 is 15.0 Å². The number of hydrogen-bond acceptors (Lipinski definition) is 5. The Kier molecular flexibility index (Phi) is 8.11. The fourth-order valence-electron chi connectivity index (χ4n) is 5.32. The van der Waals surface area contributed by atoms with Crippen molar-refractivity contribution in [3.63, 3.8) is 0 Å². The zero-order valence-corrected chi connectivity index (χ0v) is 22.5. The third kappa shape index (κ3) is 5.93. The number of carbonyl (C=O) groups is 1. The topological polar surface area (TPSA) is 54.0 Å². The van der Waals surface area contributed by atoms with E-state index in [-0.39, 0.29) is 11.9 Å². The quantitative estimate of drug-likeness (QED) is 0.437. The van der Waals surface area contributed by atoms with E-state index in [2.05, 4.69) is 72.7 Å². The fraction of sp³-hybridized carbons (Fsp3) is 0.344. The van der Waals surface area contributed by atoms with Gasteiger partial charge in [-0.15, -0.1) is 0 Å². The Morgan fingerprint density at radius 2 is 1.53 bits per heavy atom. The summed E-state index contributed by atoms with van der Waals surface area (Å²) in [4.78, 5) is 17.7. The summed E-state index contributed by atoms with van der Waals surface area (Å²) in [6, 6.07) is 25.5. The molecule has 0 radical (unpaired) electrons. The lowest BCUT2D eigenvalue weighted by Gasteiger charge is -2.38. The van der Waals surface area contributed by atoms with Crippen LogP contribution >= 0.6 is 0 Å². The molecular formula is C32H37N3O3. The molecule has 3 aromatic rings. The number of amides is 1. The van der Waals surface area contributed by atoms with Gasteiger partial charge in [0.05, 0.1) is 12.6 Å². The third-order valence-electron chi connectivity index (χ3n) is 7.55. The highest BCUT2D eigenvalue weighted by Gasteiger charge is 2.27. The minimum absolute atomic E-state index is 0.0896. The number of benzene rings is 3. The molecule has 198 valence electrons. The van der Waals surface area contributed by atoms with Crippen molar-refractivity contribution < 1.29 is 14.3 Å². The lowest BCUT2D eigenvalue weighted by Crippen LogP contribution is -2.39. The normalized spacial score (nSPS) is 16.6. The molecule has 38 heavy (non-hydrogen) atoms. The first-order valence-corrected chi connectivity index (χ1v) is 13.4. The largest absolute Gasteiger partial charge is 0.493 e. The van der Waals surface area contributed by atoms with Gasteiger partial charge in [-0.2, -0.15) is 0 Å². The molecule has 2 heterocycles. The minimum Gasteiger partial charge on any atom is -0.493 e. The van der Waals surface area contributed by atoms with Crippen molar-refractivity contribution in [2.75, 3.05) is 51.2 Å². The summed E-state index contributed by atoms with van der Waals surface area (Å²) in [6.45, 7) is 2.09. The molecule has 5 rings (SSSR count). The SMILES string of the molecule is CN(C)c1ccc(C(c2ccc(NC(=O)C3=Cc4ccccc4OCC3)cc2)N(C)C2CCOCC2)cc1. The number of nitrogens with zero attached hydrogens (tertiary/aromatic N) is 2. The van der Waals surface area contributed by atoms with Crippen molar-refractivity contribution in [2.45, 2.75) is 31.3 Å². The molecule has 6 heteroatoms. The summed E-state index contributed by atoms with van der Waals surface area (Å²) in [5.41, 5.74) is 6.07. The van der Waals surface area contributed by atoms with Crippen LogP contribution in [0.25, 0.3) is 6.08 Å². The van der Waals surface area contributed by atoms with Gasteiger partial charge in [0.25, 0.3) is 5.91 Å². The highest BCUT2D eigenvalue weighted by molar-refractivity contribution is 6.07. The average Bonchev–Trinajstić information content (AvgIpc) is 3.18. The van der Waals surface area contributed by atoms with Gasteiger partial charge in [0.15, 0.2) is 0 Å². The number of carbonyl (C=O) groups excluding carboxylic acids is 1. The second-order valence-electron chi connectivity index (χ2n) is 10.3. The van der Waals surface area contributed by atoms with E-state index in [1.807, 2.05) is 42.5 Å². The van der Waals surface area contributed by atoms with Crippen LogP contribution in [0.2, 0.25) is 0 Å². The molecule has 1 saturated heterocycles. The third-order valence-corrected chi connectivity index (χ3v) is 7.55. The molecule has 2 aliphatic heterocycles. The number of anilines is 2. The van der Waals surface area contributed by atoms with Gasteiger partial charge >= 0.3 is 0 Å². The second kappa shape index (κ2) is 11.8. The van der Waals surface area contributed by atoms with Crippen molar-refractivity contribution in [3.05, 3.63) is 95.1 Å². The highest BCUT2D eigenvalue weighted by Crippen LogP contribution is 2.33. The lowest BCUT2D eigenvalue weighted by atomic mass is 9.94. The maximum atomic E-state index is 13.1. The summed E-state index contributed by atoms with van der Waals surface area (Å²) in [5.74, 6) is 0.728. The van der Waals surface area contributed by atoms with Crippen molar-refractivity contribution in [2.24, 2.45) is 0 Å². The van der Waals surface area contributed by atoms with Crippen LogP contribution in [-0.2, 0) is 9.53 Å². The molecule has 0 spiro atoms. The Labute approximate surface area is 225 Å². The van der Waals surface area contributed by atoms with Crippen LogP contribution in [0.1, 0.15) is 42.0 Å². The number of rotatable bonds is 7. The van der Waals surface area contributed by atoms with E-state index in [1.54, 1.807) is 0 Å². The van der Waals surface area contributed by atoms with Crippen LogP contribution in [0.5, 0.6) is 5.75 Å². The van der Waals surface area contributed by atoms with E-state index in [0.29, 0.717) is 19.1 Å². The first kappa shape index (κ1) is 26.0. The molecule has 0 aromatic heterocycles. The molecule has 1 amide bonds. The summed E-state index contributed by atoms with van der Waals surface area (Å²) >= 11 is 0. The van der Waals surface area contributed by atoms with Crippen molar-refractivity contribution in [3.8, 4) is 5.75 Å². The maximum Gasteiger partial charge on any atom is 0.251 e. The summed E-state index contributed by atoms with van der Waals surface area (Å²) in [7, 11) is 6.34. The molecule has 1 N–H and O–H groups in total. The van der Waals surface area contributed by atoms with Gasteiger partial charge < -0.3 is 19.7 Å². The van der Waals surface area contributed by atoms with E-state index in [4.69, 9.17) is 9.47 Å². The van der Waals surface area contributed by atoms with Crippen LogP contribution in [-0.4, -0.2) is 57.8 Å². The van der Waals surface area contributed by atoms with E-state index in [9.17, 15) is 4.79 Å². The summed E-state index contributed by atoms with van der Waals surface area (Å²) < 4.78 is 11.4. The second-order valence-corrected chi connectivity index (χ2v) is 10.3. The number of fused-ring (bicyclic) bond motifs is 1. The zero-order valence-electron chi connectivity index (χ0n) is 22.5. The van der Waals surface area contributed by atoms with E-state index in [1.165, 1.54) is 16.8 Å². The van der Waals surface area contributed by atoms with E-state index >= 15 is 0 Å². The van der Waals surface area contributed by atoms with Gasteiger partial charge in [0.1, 0.15) is 5.75 Å². The van der Waals surface area contributed by atoms with Crippen molar-refractivity contribution in [1.82, 2.24) is 4.90 Å². The van der Waals surface area contributed by atoms with Gasteiger partial charge in [-0.1, -0.05) is 42.5 Å². The maximum absolute atomic E-state index is 13.1. The molecule has 1 fully saturated rings. The van der Waals surface area contributed by atoms with Crippen LogP contribution in [0.15, 0.2) is 78.4 Å². The van der Waals surface area contributed by atoms with E-state index < -0.39 is 0 Å². The van der Waals surface area contributed by atoms with Crippen LogP contribution in [0, 0.1) is 0 Å². The van der Waals surface area contributed by atoms with Gasteiger partial charge in [-0.25, -0.2) is 0 Å². The predicted molar refractivity (Wildman–Crippen MR) is 154 cm³/mol. The summed E-state index contributed by atoms with van der Waals surface area (Å²) in [5, 5.41) is 3.09. The van der Waals surface area contributed by atoms with Crippen molar-refractivity contribution >= 4 is 23.4 Å². The number of para-hydroxylation sites is 1. The Balaban J connectivity index is 1.36. The number of nitrogens with one attached hydrogen (secondary N) is 1. The van der Waals surface area contributed by atoms with E-state index in [0.717, 1.165) is 48.6 Å². The smallest absolute Gasteiger partial charge is 0.251 e.